The van der Waals surface area contributed by atoms with E-state index in [0.717, 1.165) is 12.3 Å². The number of benzene rings is 2. The van der Waals surface area contributed by atoms with Crippen LogP contribution in [0, 0.1) is 4.91 Å². The minimum Gasteiger partial charge on any atom is -0.507 e. The Morgan fingerprint density at radius 2 is 1.85 bits per heavy atom. The fraction of sp³-hybridized carbons (Fsp3) is 0. The van der Waals surface area contributed by atoms with Crippen LogP contribution in [0.4, 0.5) is 0 Å². The zero-order valence-corrected chi connectivity index (χ0v) is 9.94. The molecule has 3 N–H and O–H groups in total. The van der Waals surface area contributed by atoms with Crippen molar-refractivity contribution >= 4 is 27.7 Å². The standard InChI is InChI=1S/C13H8N2O5/c16-10-4-8-11-6(9(10)5-14-19)2-1-3-7(11)12(17)15(20)13(8)18/h1-5,16,18,20H. The van der Waals surface area contributed by atoms with Crippen LogP contribution >= 0.6 is 0 Å². The summed E-state index contributed by atoms with van der Waals surface area (Å²) in [6.07, 6.45) is 0.922. The van der Waals surface area contributed by atoms with Gasteiger partial charge in [0.1, 0.15) is 5.75 Å². The Morgan fingerprint density at radius 3 is 2.55 bits per heavy atom. The lowest BCUT2D eigenvalue weighted by molar-refractivity contribution is 0.147. The van der Waals surface area contributed by atoms with Crippen LogP contribution in [0.15, 0.2) is 34.2 Å². The van der Waals surface area contributed by atoms with Crippen LogP contribution in [-0.2, 0) is 0 Å². The summed E-state index contributed by atoms with van der Waals surface area (Å²) >= 11 is 0. The highest BCUT2D eigenvalue weighted by Crippen LogP contribution is 2.30. The van der Waals surface area contributed by atoms with Crippen molar-refractivity contribution in [1.29, 1.82) is 0 Å². The fourth-order valence-electron chi connectivity index (χ4n) is 2.36. The van der Waals surface area contributed by atoms with Crippen molar-refractivity contribution in [3.8, 4) is 11.6 Å². The van der Waals surface area contributed by atoms with Gasteiger partial charge in [-0.3, -0.25) is 4.79 Å². The van der Waals surface area contributed by atoms with E-state index in [2.05, 4.69) is 5.18 Å². The van der Waals surface area contributed by atoms with Crippen molar-refractivity contribution in [3.63, 3.8) is 0 Å². The number of phenolic OH excluding ortho intramolecular Hbond substituents is 1. The Kier molecular flexibility index (Phi) is 2.37. The number of aromatic nitrogens is 1. The molecule has 20 heavy (non-hydrogen) atoms. The molecule has 0 spiro atoms. The number of hydrogen-bond acceptors (Lipinski definition) is 6. The second-order valence-corrected chi connectivity index (χ2v) is 4.26. The summed E-state index contributed by atoms with van der Waals surface area (Å²) in [5.41, 5.74) is -0.795. The maximum Gasteiger partial charge on any atom is 0.294 e. The van der Waals surface area contributed by atoms with Gasteiger partial charge in [-0.05, 0) is 22.7 Å². The highest BCUT2D eigenvalue weighted by Gasteiger charge is 2.16. The second kappa shape index (κ2) is 3.95. The van der Waals surface area contributed by atoms with E-state index in [1.165, 1.54) is 12.1 Å². The molecule has 1 aromatic heterocycles. The molecule has 0 aliphatic rings. The maximum absolute atomic E-state index is 11.9. The molecule has 0 bridgehead atoms. The molecule has 0 aliphatic carbocycles. The largest absolute Gasteiger partial charge is 0.507 e. The minimum absolute atomic E-state index is 0.0956. The number of nitroso groups, excluding NO2 is 1. The zero-order chi connectivity index (χ0) is 14.4. The molecule has 3 rings (SSSR count). The number of pyridine rings is 1. The normalized spacial score (nSPS) is 12.3. The molecule has 3 aromatic rings. The summed E-state index contributed by atoms with van der Waals surface area (Å²) in [6.45, 7) is 0. The molecule has 0 radical (unpaired) electrons. The summed E-state index contributed by atoms with van der Waals surface area (Å²) in [6, 6.07) is 5.75. The average Bonchev–Trinajstić information content (AvgIpc) is 2.45. The van der Waals surface area contributed by atoms with Crippen LogP contribution in [0.25, 0.3) is 27.7 Å². The van der Waals surface area contributed by atoms with E-state index in [9.17, 15) is 25.1 Å². The van der Waals surface area contributed by atoms with E-state index < -0.39 is 11.4 Å². The van der Waals surface area contributed by atoms with E-state index in [4.69, 9.17) is 0 Å². The quantitative estimate of drug-likeness (QED) is 0.452. The van der Waals surface area contributed by atoms with Gasteiger partial charge in [0.25, 0.3) is 5.56 Å². The van der Waals surface area contributed by atoms with Gasteiger partial charge in [0.05, 0.1) is 17.0 Å². The van der Waals surface area contributed by atoms with Gasteiger partial charge >= 0.3 is 0 Å². The molecule has 7 nitrogen and oxygen atoms in total. The van der Waals surface area contributed by atoms with Gasteiger partial charge in [0, 0.05) is 10.6 Å². The topological polar surface area (TPSA) is 112 Å². The van der Waals surface area contributed by atoms with E-state index in [1.807, 2.05) is 0 Å². The van der Waals surface area contributed by atoms with Crippen LogP contribution in [0.3, 0.4) is 0 Å². The van der Waals surface area contributed by atoms with Gasteiger partial charge in [0.15, 0.2) is 0 Å². The number of nitrogens with zero attached hydrogens (tertiary/aromatic N) is 2. The molecule has 0 saturated carbocycles. The van der Waals surface area contributed by atoms with Gasteiger partial charge in [0.2, 0.25) is 5.88 Å². The number of rotatable bonds is 1. The molecular weight excluding hydrogens is 264 g/mol. The molecule has 2 aromatic carbocycles. The summed E-state index contributed by atoms with van der Waals surface area (Å²) in [7, 11) is 0. The molecule has 0 aliphatic heterocycles. The molecule has 7 heteroatoms. The third-order valence-electron chi connectivity index (χ3n) is 3.23. The van der Waals surface area contributed by atoms with Crippen LogP contribution in [0.1, 0.15) is 0 Å². The van der Waals surface area contributed by atoms with E-state index in [1.54, 1.807) is 6.07 Å². The lowest BCUT2D eigenvalue weighted by atomic mass is 10.0. The first-order valence-corrected chi connectivity index (χ1v) is 5.60. The molecule has 100 valence electrons. The first kappa shape index (κ1) is 12.0. The van der Waals surface area contributed by atoms with Crippen molar-refractivity contribution in [2.45, 2.75) is 0 Å². The van der Waals surface area contributed by atoms with Crippen molar-refractivity contribution < 1.29 is 15.4 Å². The zero-order valence-electron chi connectivity index (χ0n) is 9.94. The van der Waals surface area contributed by atoms with Crippen molar-refractivity contribution in [2.24, 2.45) is 5.18 Å². The van der Waals surface area contributed by atoms with Crippen LogP contribution in [-0.4, -0.2) is 20.2 Å². The van der Waals surface area contributed by atoms with Gasteiger partial charge in [-0.25, -0.2) is 0 Å². The number of hydrogen-bond donors (Lipinski definition) is 3. The summed E-state index contributed by atoms with van der Waals surface area (Å²) in [4.78, 5) is 22.3. The van der Waals surface area contributed by atoms with E-state index >= 15 is 0 Å². The number of phenols is 1. The third kappa shape index (κ3) is 1.37. The van der Waals surface area contributed by atoms with Gasteiger partial charge in [-0.1, -0.05) is 12.1 Å². The van der Waals surface area contributed by atoms with Crippen molar-refractivity contribution in [2.75, 3.05) is 0 Å². The Labute approximate surface area is 110 Å². The lowest BCUT2D eigenvalue weighted by Crippen LogP contribution is -2.19. The third-order valence-corrected chi connectivity index (χ3v) is 3.23. The molecule has 0 saturated heterocycles. The molecule has 0 atom stereocenters. The Hall–Kier alpha value is -3.09. The second-order valence-electron chi connectivity index (χ2n) is 4.26. The van der Waals surface area contributed by atoms with Gasteiger partial charge in [-0.2, -0.15) is 0 Å². The first-order chi connectivity index (χ1) is 9.56. The van der Waals surface area contributed by atoms with Gasteiger partial charge in [-0.15, -0.1) is 9.64 Å². The average molecular weight is 272 g/mol. The predicted octanol–water partition coefficient (Wildman–Crippen LogP) is 1.03. The molecule has 0 fully saturated rings. The van der Waals surface area contributed by atoms with Crippen LogP contribution in [0.5, 0.6) is 11.6 Å². The van der Waals surface area contributed by atoms with Crippen molar-refractivity contribution in [3.05, 3.63) is 44.7 Å². The first-order valence-electron chi connectivity index (χ1n) is 5.60. The maximum atomic E-state index is 11.9. The van der Waals surface area contributed by atoms with E-state index in [0.29, 0.717) is 10.8 Å². The highest BCUT2D eigenvalue weighted by atomic mass is 16.5. The molecule has 0 amide bonds. The van der Waals surface area contributed by atoms with E-state index in [-0.39, 0.29) is 26.5 Å². The summed E-state index contributed by atoms with van der Waals surface area (Å²) in [5.74, 6) is -0.974. The fourth-order valence-corrected chi connectivity index (χ4v) is 2.36. The Balaban J connectivity index is 2.79. The smallest absolute Gasteiger partial charge is 0.294 e. The highest BCUT2D eigenvalue weighted by molar-refractivity contribution is 6.12. The Bertz CT molecular complexity index is 974. The monoisotopic (exact) mass is 272 g/mol. The molecule has 1 heterocycles. The Morgan fingerprint density at radius 1 is 1.15 bits per heavy atom. The van der Waals surface area contributed by atoms with Gasteiger partial charge < -0.3 is 15.4 Å². The predicted molar refractivity (Wildman–Crippen MR) is 71.7 cm³/mol. The van der Waals surface area contributed by atoms with Crippen LogP contribution in [0.2, 0.25) is 0 Å². The minimum atomic E-state index is -0.795. The summed E-state index contributed by atoms with van der Waals surface area (Å²) < 4.78 is 0.109. The summed E-state index contributed by atoms with van der Waals surface area (Å²) in [5, 5.41) is 33.0. The molecule has 0 unspecified atom stereocenters. The lowest BCUT2D eigenvalue weighted by Gasteiger charge is -2.10. The van der Waals surface area contributed by atoms with Crippen LogP contribution < -0.4 is 10.8 Å². The number of aromatic hydroxyl groups is 2. The SMILES string of the molecule is O=NC=c1c(O)cc2c(O)n(O)c(=O)c3cccc1c23. The molecular formula is C13H8N2O5. The van der Waals surface area contributed by atoms with Crippen molar-refractivity contribution in [1.82, 2.24) is 4.73 Å².